The number of hydrazine groups is 1. The maximum absolute atomic E-state index is 15.4. The number of fused-ring (bicyclic) bond motifs is 4. The molecular formula is C50H68N6O11S2. The van der Waals surface area contributed by atoms with Crippen LogP contribution in [-0.4, -0.2) is 161 Å². The Morgan fingerprint density at radius 2 is 1.71 bits per heavy atom. The minimum absolute atomic E-state index is 0.00752. The minimum Gasteiger partial charge on any atom is -0.496 e. The van der Waals surface area contributed by atoms with E-state index in [9.17, 15) is 29.7 Å². The molecule has 1 aliphatic carbocycles. The molecule has 3 aromatic rings. The molecule has 7 N–H and O–H groups in total. The molecule has 1 saturated heterocycles. The summed E-state index contributed by atoms with van der Waals surface area (Å²) >= 11 is 0. The van der Waals surface area contributed by atoms with Crippen LogP contribution in [0.4, 0.5) is 10.5 Å². The highest BCUT2D eigenvalue weighted by molar-refractivity contribution is 8.76. The van der Waals surface area contributed by atoms with Gasteiger partial charge in [0.1, 0.15) is 23.9 Å². The number of carbonyl (C=O) groups excluding carboxylic acids is 3. The maximum Gasteiger partial charge on any atom is 0.426 e. The maximum atomic E-state index is 15.4. The van der Waals surface area contributed by atoms with E-state index >= 15 is 4.79 Å². The van der Waals surface area contributed by atoms with Crippen molar-refractivity contribution < 1.29 is 53.8 Å². The molecule has 8 rings (SSSR count). The highest BCUT2D eigenvalue weighted by Gasteiger charge is 2.79. The summed E-state index contributed by atoms with van der Waals surface area (Å²) in [5.41, 5.74) is 1.85. The number of nitrogens with one attached hydrogen (secondary N) is 3. The molecular weight excluding hydrogens is 925 g/mol. The summed E-state index contributed by atoms with van der Waals surface area (Å²) in [6.07, 6.45) is 3.85. The summed E-state index contributed by atoms with van der Waals surface area (Å²) in [5.74, 6) is -1.52. The number of aliphatic hydroxyl groups is 3. The second-order valence-electron chi connectivity index (χ2n) is 19.9. The average molecular weight is 993 g/mol. The molecule has 17 nitrogen and oxygen atoms in total. The third kappa shape index (κ3) is 8.26. The molecule has 4 aliphatic heterocycles. The van der Waals surface area contributed by atoms with Crippen LogP contribution in [0.15, 0.2) is 48.6 Å². The number of methoxy groups -OCH3 is 2. The number of carbonyl (C=O) groups is 4. The Balaban J connectivity index is 1.28. The van der Waals surface area contributed by atoms with E-state index in [4.69, 9.17) is 19.3 Å². The van der Waals surface area contributed by atoms with Gasteiger partial charge >= 0.3 is 18.0 Å². The van der Waals surface area contributed by atoms with Crippen molar-refractivity contribution in [3.05, 3.63) is 70.9 Å². The number of hydrogen-bond acceptors (Lipinski definition) is 15. The van der Waals surface area contributed by atoms with Gasteiger partial charge in [0.2, 0.25) is 0 Å². The van der Waals surface area contributed by atoms with Crippen LogP contribution in [0.5, 0.6) is 5.75 Å². The standard InChI is InChI=1S/C50H68N6O11S2/c1-8-46(63)27-30(3)28-49(44(61)66-7,39-32(15-20-54(4)29-46)31-13-10-11-14-35(31)51-39)34-25-33-36(26-37(34)65-6)55(5)41-48(33)18-21-56-19-12-17-47(9-2,40(48)56)42(59)50(41,64)43(60)52-53-45(62)67-22-24-69-68-23-16-38(57)58/h10-14,17,25-26,30,40-42,51,59,63-64H,8-9,15-16,18-24,27-29H2,1-7H3,(H,52,60)(H,53,62)(H,57,58)/t30-,40+,41-,42-,46+,47-,48-,49+,50+/m1/s1. The summed E-state index contributed by atoms with van der Waals surface area (Å²) in [4.78, 5) is 64.2. The highest BCUT2D eigenvalue weighted by atomic mass is 33.1. The predicted molar refractivity (Wildman–Crippen MR) is 265 cm³/mol. The number of carboxylic acid groups (broad SMARTS) is 1. The van der Waals surface area contributed by atoms with E-state index in [-0.39, 0.29) is 25.4 Å². The number of aromatic amines is 1. The number of hydrogen-bond donors (Lipinski definition) is 7. The fourth-order valence-corrected chi connectivity index (χ4v) is 15.2. The molecule has 5 aliphatic rings. The normalized spacial score (nSPS) is 32.0. The monoisotopic (exact) mass is 992 g/mol. The minimum atomic E-state index is -2.54. The molecule has 1 spiro atoms. The number of aliphatic hydroxyl groups excluding tert-OH is 1. The van der Waals surface area contributed by atoms with E-state index in [2.05, 4.69) is 38.6 Å². The van der Waals surface area contributed by atoms with Gasteiger partial charge in [-0.1, -0.05) is 72.7 Å². The molecule has 1 saturated carbocycles. The summed E-state index contributed by atoms with van der Waals surface area (Å²) < 4.78 is 17.6. The number of ether oxygens (including phenoxy) is 3. The molecule has 376 valence electrons. The zero-order valence-electron chi connectivity index (χ0n) is 40.6. The molecule has 69 heavy (non-hydrogen) atoms. The third-order valence-corrected chi connectivity index (χ3v) is 18.5. The Kier molecular flexibility index (Phi) is 14.5. The lowest BCUT2D eigenvalue weighted by atomic mass is 9.47. The molecule has 9 atom stereocenters. The van der Waals surface area contributed by atoms with Crippen molar-refractivity contribution in [3.8, 4) is 5.75 Å². The van der Waals surface area contributed by atoms with Crippen LogP contribution < -0.4 is 20.5 Å². The summed E-state index contributed by atoms with van der Waals surface area (Å²) in [6.45, 7) is 8.19. The van der Waals surface area contributed by atoms with Crippen LogP contribution in [0.1, 0.15) is 81.7 Å². The molecule has 2 aromatic carbocycles. The molecule has 5 heterocycles. The molecule has 19 heteroatoms. The van der Waals surface area contributed by atoms with Gasteiger partial charge < -0.3 is 49.4 Å². The fourth-order valence-electron chi connectivity index (χ4n) is 13.4. The largest absolute Gasteiger partial charge is 0.496 e. The summed E-state index contributed by atoms with van der Waals surface area (Å²) in [5, 5.41) is 48.2. The first-order valence-corrected chi connectivity index (χ1v) is 26.5. The number of H-pyrrole nitrogens is 1. The predicted octanol–water partition coefficient (Wildman–Crippen LogP) is 4.50. The molecule has 0 bridgehead atoms. The lowest BCUT2D eigenvalue weighted by Gasteiger charge is -2.63. The van der Waals surface area contributed by atoms with Gasteiger partial charge in [-0.05, 0) is 81.3 Å². The van der Waals surface area contributed by atoms with Gasteiger partial charge in [0.05, 0.1) is 32.3 Å². The molecule has 2 amide bonds. The number of para-hydroxylation sites is 1. The number of carboxylic acids is 1. The Labute approximate surface area is 411 Å². The summed E-state index contributed by atoms with van der Waals surface area (Å²) in [6, 6.07) is 10.4. The van der Waals surface area contributed by atoms with Gasteiger partial charge in [-0.15, -0.1) is 0 Å². The van der Waals surface area contributed by atoms with Gasteiger partial charge in [-0.2, -0.15) is 0 Å². The number of rotatable bonds is 13. The Morgan fingerprint density at radius 1 is 0.957 bits per heavy atom. The number of aromatic nitrogens is 1. The quantitative estimate of drug-likeness (QED) is 0.0412. The Morgan fingerprint density at radius 3 is 2.42 bits per heavy atom. The number of anilines is 1. The smallest absolute Gasteiger partial charge is 0.426 e. The van der Waals surface area contributed by atoms with E-state index in [1.807, 2.05) is 68.3 Å². The number of nitrogens with zero attached hydrogens (tertiary/aromatic N) is 3. The van der Waals surface area contributed by atoms with Crippen LogP contribution in [0.2, 0.25) is 0 Å². The molecule has 2 fully saturated rings. The lowest BCUT2D eigenvalue weighted by molar-refractivity contribution is -0.204. The van der Waals surface area contributed by atoms with Crippen LogP contribution in [0.25, 0.3) is 10.9 Å². The SMILES string of the molecule is CC[C@]1(O)C[C@@H](C)C[C@](C(=O)OC)(c2cc3c(cc2OC)N(C)[C@H]2[C@@](O)(C(=O)NNC(=O)OCCSSCCC(=O)O)[C@H](O)[C@]4(CC)C=CCN5CC[C@]32[C@@H]54)c2[nH]c3ccccc3c2CCN(C)C1. The third-order valence-electron chi connectivity index (χ3n) is 16.1. The van der Waals surface area contributed by atoms with Crippen LogP contribution in [-0.2, 0) is 41.1 Å². The van der Waals surface area contributed by atoms with Gasteiger partial charge in [-0.3, -0.25) is 24.7 Å². The van der Waals surface area contributed by atoms with Gasteiger partial charge in [-0.25, -0.2) is 10.2 Å². The zero-order valence-corrected chi connectivity index (χ0v) is 42.3. The highest BCUT2D eigenvalue weighted by Crippen LogP contribution is 2.67. The van der Waals surface area contributed by atoms with Gasteiger partial charge in [0.15, 0.2) is 5.60 Å². The number of β-amino-alcohol motifs (C(OH)–C–C–N with tert-alkyl or cyclic N) is 1. The van der Waals surface area contributed by atoms with E-state index in [1.165, 1.54) is 28.7 Å². The number of benzene rings is 2. The molecule has 0 unspecified atom stereocenters. The van der Waals surface area contributed by atoms with Gasteiger partial charge in [0, 0.05) is 89.0 Å². The van der Waals surface area contributed by atoms with Crippen LogP contribution in [0.3, 0.4) is 0 Å². The van der Waals surface area contributed by atoms with E-state index in [1.54, 1.807) is 14.2 Å². The zero-order chi connectivity index (χ0) is 49.7. The number of amides is 2. The number of esters is 1. The van der Waals surface area contributed by atoms with Crippen molar-refractivity contribution in [2.75, 3.05) is 77.5 Å². The molecule has 0 radical (unpaired) electrons. The van der Waals surface area contributed by atoms with Gasteiger partial charge in [0.25, 0.3) is 5.91 Å². The van der Waals surface area contributed by atoms with E-state index in [0.717, 1.165) is 22.0 Å². The second-order valence-corrected chi connectivity index (χ2v) is 22.6. The number of aliphatic carboxylic acids is 1. The number of likely N-dealkylation sites (N-methyl/N-ethyl adjacent to an activating group) is 2. The Hall–Kier alpha value is -4.50. The molecule has 1 aromatic heterocycles. The average Bonchev–Trinajstić information content (AvgIpc) is 3.99. The fraction of sp³-hybridized carbons (Fsp3) is 0.600. The Bertz CT molecular complexity index is 2490. The van der Waals surface area contributed by atoms with Crippen molar-refractivity contribution in [2.24, 2.45) is 11.3 Å². The van der Waals surface area contributed by atoms with Crippen molar-refractivity contribution in [2.45, 2.75) is 106 Å². The first-order valence-electron chi connectivity index (χ1n) is 24.0. The topological polar surface area (TPSA) is 226 Å². The second kappa shape index (κ2) is 19.6. The van der Waals surface area contributed by atoms with E-state index < -0.39 is 69.6 Å². The van der Waals surface area contributed by atoms with E-state index in [0.29, 0.717) is 92.5 Å². The van der Waals surface area contributed by atoms with Crippen LogP contribution >= 0.6 is 21.6 Å². The van der Waals surface area contributed by atoms with Crippen molar-refractivity contribution in [1.29, 1.82) is 0 Å². The summed E-state index contributed by atoms with van der Waals surface area (Å²) in [7, 11) is 9.45. The van der Waals surface area contributed by atoms with Crippen molar-refractivity contribution in [1.82, 2.24) is 25.6 Å². The van der Waals surface area contributed by atoms with Crippen LogP contribution in [0, 0.1) is 11.3 Å². The van der Waals surface area contributed by atoms with Crippen molar-refractivity contribution in [3.63, 3.8) is 0 Å². The van der Waals surface area contributed by atoms with Crippen molar-refractivity contribution >= 4 is 62.1 Å². The first-order chi connectivity index (χ1) is 32.9. The lowest BCUT2D eigenvalue weighted by Crippen LogP contribution is -2.82. The first kappa shape index (κ1) is 50.9.